The topological polar surface area (TPSA) is 12.0 Å². The third kappa shape index (κ3) is 4.40. The van der Waals surface area contributed by atoms with Gasteiger partial charge >= 0.3 is 0 Å². The minimum Gasteiger partial charge on any atom is -0.312 e. The first-order chi connectivity index (χ1) is 8.25. The van der Waals surface area contributed by atoms with Crippen LogP contribution in [0.25, 0.3) is 0 Å². The maximum absolute atomic E-state index is 6.11. The van der Waals surface area contributed by atoms with Crippen LogP contribution in [0.15, 0.2) is 18.2 Å². The number of thioether (sulfide) groups is 2. The summed E-state index contributed by atoms with van der Waals surface area (Å²) in [6.07, 6.45) is 0. The summed E-state index contributed by atoms with van der Waals surface area (Å²) in [5.74, 6) is 3.90. The Bertz CT molecular complexity index is 364. The molecule has 1 N–H and O–H groups in total. The van der Waals surface area contributed by atoms with Crippen LogP contribution >= 0.6 is 35.1 Å². The Balaban J connectivity index is 1.75. The summed E-state index contributed by atoms with van der Waals surface area (Å²) < 4.78 is 0. The molecule has 1 aliphatic heterocycles. The fourth-order valence-corrected chi connectivity index (χ4v) is 4.63. The van der Waals surface area contributed by atoms with Gasteiger partial charge in [0.1, 0.15) is 0 Å². The van der Waals surface area contributed by atoms with E-state index in [0.717, 1.165) is 28.9 Å². The van der Waals surface area contributed by atoms with Gasteiger partial charge in [-0.3, -0.25) is 0 Å². The van der Waals surface area contributed by atoms with Crippen LogP contribution in [0.1, 0.15) is 11.1 Å². The molecule has 1 aromatic carbocycles. The van der Waals surface area contributed by atoms with Crippen LogP contribution in [0.5, 0.6) is 0 Å². The molecule has 0 aliphatic carbocycles. The maximum atomic E-state index is 6.11. The molecule has 94 valence electrons. The van der Waals surface area contributed by atoms with Gasteiger partial charge in [0.15, 0.2) is 0 Å². The Morgan fingerprint density at radius 2 is 2.29 bits per heavy atom. The van der Waals surface area contributed by atoms with Gasteiger partial charge in [-0.1, -0.05) is 23.7 Å². The van der Waals surface area contributed by atoms with Crippen molar-refractivity contribution in [2.24, 2.45) is 0 Å². The van der Waals surface area contributed by atoms with Gasteiger partial charge in [0.05, 0.1) is 0 Å². The lowest BCUT2D eigenvalue weighted by Gasteiger charge is -2.21. The van der Waals surface area contributed by atoms with E-state index in [0.29, 0.717) is 0 Å². The van der Waals surface area contributed by atoms with Crippen molar-refractivity contribution in [1.82, 2.24) is 5.32 Å². The van der Waals surface area contributed by atoms with E-state index >= 15 is 0 Å². The van der Waals surface area contributed by atoms with E-state index in [1.54, 1.807) is 0 Å². The molecular formula is C13H18ClNS2. The predicted molar refractivity (Wildman–Crippen MR) is 81.5 cm³/mol. The molecule has 0 saturated carbocycles. The Kier molecular flexibility index (Phi) is 5.54. The summed E-state index contributed by atoms with van der Waals surface area (Å²) in [6.45, 7) is 4.06. The highest BCUT2D eigenvalue weighted by atomic mass is 35.5. The molecule has 2 rings (SSSR count). The average Bonchev–Trinajstić information content (AvgIpc) is 2.35. The van der Waals surface area contributed by atoms with Crippen molar-refractivity contribution >= 4 is 35.1 Å². The highest BCUT2D eigenvalue weighted by molar-refractivity contribution is 8.06. The summed E-state index contributed by atoms with van der Waals surface area (Å²) in [5, 5.41) is 5.17. The van der Waals surface area contributed by atoms with Gasteiger partial charge in [-0.05, 0) is 24.1 Å². The van der Waals surface area contributed by atoms with Gasteiger partial charge in [-0.2, -0.15) is 23.5 Å². The molecule has 1 nitrogen and oxygen atoms in total. The molecule has 1 aliphatic rings. The van der Waals surface area contributed by atoms with Gasteiger partial charge in [-0.25, -0.2) is 0 Å². The molecule has 17 heavy (non-hydrogen) atoms. The largest absolute Gasteiger partial charge is 0.312 e. The Morgan fingerprint density at radius 1 is 1.41 bits per heavy atom. The number of nitrogens with one attached hydrogen (secondary N) is 1. The van der Waals surface area contributed by atoms with Crippen molar-refractivity contribution in [3.05, 3.63) is 34.3 Å². The Labute approximate surface area is 117 Å². The van der Waals surface area contributed by atoms with Crippen LogP contribution in [0.2, 0.25) is 5.02 Å². The predicted octanol–water partition coefficient (Wildman–Crippen LogP) is 3.59. The zero-order chi connectivity index (χ0) is 12.1. The molecule has 1 aromatic rings. The van der Waals surface area contributed by atoms with Gasteiger partial charge in [0.2, 0.25) is 0 Å². The van der Waals surface area contributed by atoms with Gasteiger partial charge in [0.25, 0.3) is 0 Å². The summed E-state index contributed by atoms with van der Waals surface area (Å²) in [4.78, 5) is 0. The second-order valence-electron chi connectivity index (χ2n) is 4.28. The molecule has 1 saturated heterocycles. The summed E-state index contributed by atoms with van der Waals surface area (Å²) in [6, 6.07) is 6.30. The zero-order valence-corrected chi connectivity index (χ0v) is 12.4. The molecule has 1 atom stereocenters. The smallest absolute Gasteiger partial charge is 0.0438 e. The van der Waals surface area contributed by atoms with E-state index in [4.69, 9.17) is 11.6 Å². The van der Waals surface area contributed by atoms with E-state index in [1.165, 1.54) is 22.8 Å². The van der Waals surface area contributed by atoms with Crippen molar-refractivity contribution in [3.8, 4) is 0 Å². The SMILES string of the molecule is Cc1ccc(CNCC2CSCCS2)cc1Cl. The van der Waals surface area contributed by atoms with Crippen LogP contribution < -0.4 is 5.32 Å². The monoisotopic (exact) mass is 287 g/mol. The maximum Gasteiger partial charge on any atom is 0.0438 e. The Hall–Kier alpha value is 0.170. The van der Waals surface area contributed by atoms with E-state index in [9.17, 15) is 0 Å². The van der Waals surface area contributed by atoms with Crippen molar-refractivity contribution in [3.63, 3.8) is 0 Å². The number of benzene rings is 1. The van der Waals surface area contributed by atoms with E-state index in [2.05, 4.69) is 47.0 Å². The van der Waals surface area contributed by atoms with E-state index in [1.807, 2.05) is 6.92 Å². The number of aryl methyl sites for hydroxylation is 1. The molecule has 0 bridgehead atoms. The Morgan fingerprint density at radius 3 is 3.00 bits per heavy atom. The normalized spacial score (nSPS) is 20.5. The summed E-state index contributed by atoms with van der Waals surface area (Å²) in [7, 11) is 0. The first-order valence-electron chi connectivity index (χ1n) is 5.91. The standard InChI is InChI=1S/C13H18ClNS2/c1-10-2-3-11(6-13(10)14)7-15-8-12-9-16-4-5-17-12/h2-3,6,12,15H,4-5,7-9H2,1H3. The molecule has 0 amide bonds. The van der Waals surface area contributed by atoms with Gasteiger partial charge in [-0.15, -0.1) is 0 Å². The first kappa shape index (κ1) is 13.6. The second-order valence-corrected chi connectivity index (χ2v) is 7.25. The van der Waals surface area contributed by atoms with Gasteiger partial charge < -0.3 is 5.32 Å². The average molecular weight is 288 g/mol. The lowest BCUT2D eigenvalue weighted by atomic mass is 10.1. The molecule has 0 spiro atoms. The van der Waals surface area contributed by atoms with Crippen LogP contribution in [0.4, 0.5) is 0 Å². The second kappa shape index (κ2) is 6.93. The summed E-state index contributed by atoms with van der Waals surface area (Å²) >= 11 is 10.3. The minimum absolute atomic E-state index is 0.773. The molecule has 0 radical (unpaired) electrons. The number of hydrogen-bond acceptors (Lipinski definition) is 3. The third-order valence-electron chi connectivity index (χ3n) is 2.82. The van der Waals surface area contributed by atoms with Crippen LogP contribution in [0, 0.1) is 6.92 Å². The molecule has 4 heteroatoms. The lowest BCUT2D eigenvalue weighted by Crippen LogP contribution is -2.28. The van der Waals surface area contributed by atoms with Crippen LogP contribution in [0.3, 0.4) is 0 Å². The van der Waals surface area contributed by atoms with Crippen molar-refractivity contribution < 1.29 is 0 Å². The number of rotatable bonds is 4. The highest BCUT2D eigenvalue weighted by Crippen LogP contribution is 2.23. The fourth-order valence-electron chi connectivity index (χ4n) is 1.78. The molecular weight excluding hydrogens is 270 g/mol. The van der Waals surface area contributed by atoms with Gasteiger partial charge in [0, 0.05) is 40.6 Å². The van der Waals surface area contributed by atoms with E-state index < -0.39 is 0 Å². The van der Waals surface area contributed by atoms with Crippen LogP contribution in [-0.4, -0.2) is 29.1 Å². The van der Waals surface area contributed by atoms with Crippen molar-refractivity contribution in [2.45, 2.75) is 18.7 Å². The van der Waals surface area contributed by atoms with Crippen molar-refractivity contribution in [1.29, 1.82) is 0 Å². The van der Waals surface area contributed by atoms with Crippen molar-refractivity contribution in [2.75, 3.05) is 23.8 Å². The fraction of sp³-hybridized carbons (Fsp3) is 0.538. The summed E-state index contributed by atoms with van der Waals surface area (Å²) in [5.41, 5.74) is 2.42. The zero-order valence-electron chi connectivity index (χ0n) is 10.0. The molecule has 1 fully saturated rings. The molecule has 1 unspecified atom stereocenters. The quantitative estimate of drug-likeness (QED) is 0.909. The van der Waals surface area contributed by atoms with Crippen LogP contribution in [-0.2, 0) is 6.54 Å². The minimum atomic E-state index is 0.773. The molecule has 0 aromatic heterocycles. The number of hydrogen-bond donors (Lipinski definition) is 1. The lowest BCUT2D eigenvalue weighted by molar-refractivity contribution is 0.686. The number of halogens is 1. The highest BCUT2D eigenvalue weighted by Gasteiger charge is 2.13. The van der Waals surface area contributed by atoms with E-state index in [-0.39, 0.29) is 0 Å². The third-order valence-corrected chi connectivity index (χ3v) is 6.07. The first-order valence-corrected chi connectivity index (χ1v) is 8.49. The molecule has 1 heterocycles.